The van der Waals surface area contributed by atoms with Crippen LogP contribution in [0, 0.1) is 0 Å². The summed E-state index contributed by atoms with van der Waals surface area (Å²) in [6, 6.07) is 3.62. The van der Waals surface area contributed by atoms with Crippen molar-refractivity contribution in [2.75, 3.05) is 53.6 Å². The van der Waals surface area contributed by atoms with E-state index < -0.39 is 0 Å². The third kappa shape index (κ3) is 7.04. The summed E-state index contributed by atoms with van der Waals surface area (Å²) in [5.74, 6) is 2.21. The number of nitrogens with zero attached hydrogens (tertiary/aromatic N) is 1. The highest BCUT2D eigenvalue weighted by molar-refractivity contribution is 8.23. The van der Waals surface area contributed by atoms with Gasteiger partial charge < -0.3 is 23.7 Å². The highest BCUT2D eigenvalue weighted by Crippen LogP contribution is 2.39. The van der Waals surface area contributed by atoms with Gasteiger partial charge in [-0.05, 0) is 17.7 Å². The van der Waals surface area contributed by atoms with E-state index >= 15 is 0 Å². The van der Waals surface area contributed by atoms with Gasteiger partial charge in [-0.2, -0.15) is 0 Å². The Morgan fingerprint density at radius 2 is 1.90 bits per heavy atom. The molecule has 1 saturated heterocycles. The molecule has 1 aromatic carbocycles. The Kier molecular flexibility index (Phi) is 9.99. The van der Waals surface area contributed by atoms with Crippen LogP contribution >= 0.6 is 24.0 Å². The van der Waals surface area contributed by atoms with Crippen LogP contribution in [0.2, 0.25) is 0 Å². The molecule has 0 atom stereocenters. The molecule has 1 aromatic rings. The molecule has 7 nitrogen and oxygen atoms in total. The first-order valence-electron chi connectivity index (χ1n) is 8.89. The second kappa shape index (κ2) is 12.5. The van der Waals surface area contributed by atoms with Gasteiger partial charge >= 0.3 is 0 Å². The van der Waals surface area contributed by atoms with Gasteiger partial charge in [-0.1, -0.05) is 42.2 Å². The van der Waals surface area contributed by atoms with Crippen molar-refractivity contribution in [2.24, 2.45) is 0 Å². The van der Waals surface area contributed by atoms with Crippen molar-refractivity contribution in [2.45, 2.75) is 0 Å². The molecule has 29 heavy (non-hydrogen) atoms. The minimum absolute atomic E-state index is 0.0484. The number of allylic oxidation sites excluding steroid dienone is 2. The lowest BCUT2D eigenvalue weighted by molar-refractivity contribution is -0.121. The van der Waals surface area contributed by atoms with E-state index in [0.717, 1.165) is 11.3 Å². The summed E-state index contributed by atoms with van der Waals surface area (Å²) in [4.78, 5) is 13.7. The maximum absolute atomic E-state index is 12.1. The first-order valence-corrected chi connectivity index (χ1v) is 10.3. The van der Waals surface area contributed by atoms with Crippen LogP contribution < -0.4 is 14.2 Å². The Morgan fingerprint density at radius 3 is 2.48 bits per heavy atom. The number of amides is 1. The smallest absolute Gasteiger partial charge is 0.252 e. The predicted molar refractivity (Wildman–Crippen MR) is 118 cm³/mol. The Labute approximate surface area is 180 Å². The fourth-order valence-corrected chi connectivity index (χ4v) is 3.65. The topological polar surface area (TPSA) is 66.5 Å². The maximum atomic E-state index is 12.1. The van der Waals surface area contributed by atoms with Gasteiger partial charge in [0.2, 0.25) is 5.75 Å². The Hall–Kier alpha value is -2.07. The van der Waals surface area contributed by atoms with Gasteiger partial charge in [0.25, 0.3) is 5.91 Å². The molecule has 0 unspecified atom stereocenters. The van der Waals surface area contributed by atoms with E-state index in [-0.39, 0.29) is 12.7 Å². The molecule has 1 heterocycles. The fourth-order valence-electron chi connectivity index (χ4n) is 2.43. The van der Waals surface area contributed by atoms with Gasteiger partial charge in [0.15, 0.2) is 18.3 Å². The van der Waals surface area contributed by atoms with Crippen LogP contribution in [0.1, 0.15) is 5.56 Å². The maximum Gasteiger partial charge on any atom is 0.252 e. The highest BCUT2D eigenvalue weighted by atomic mass is 32.2. The largest absolute Gasteiger partial charge is 0.493 e. The molecule has 0 saturated carbocycles. The molecule has 0 radical (unpaired) electrons. The third-order valence-electron chi connectivity index (χ3n) is 3.87. The van der Waals surface area contributed by atoms with E-state index in [1.54, 1.807) is 38.4 Å². The van der Waals surface area contributed by atoms with E-state index in [0.29, 0.717) is 41.3 Å². The van der Waals surface area contributed by atoms with Gasteiger partial charge in [-0.3, -0.25) is 9.69 Å². The second-order valence-corrected chi connectivity index (χ2v) is 7.47. The first kappa shape index (κ1) is 23.2. The summed E-state index contributed by atoms with van der Waals surface area (Å²) in [6.07, 6.45) is 6.79. The summed E-state index contributed by atoms with van der Waals surface area (Å²) in [5, 5.41) is 0. The quantitative estimate of drug-likeness (QED) is 0.171. The van der Waals surface area contributed by atoms with E-state index in [4.69, 9.17) is 35.9 Å². The molecule has 9 heteroatoms. The second-order valence-electron chi connectivity index (χ2n) is 5.74. The van der Waals surface area contributed by atoms with E-state index in [1.807, 2.05) is 18.2 Å². The molecule has 0 aliphatic carbocycles. The van der Waals surface area contributed by atoms with Crippen LogP contribution in [0.25, 0.3) is 6.08 Å². The molecule has 1 aliphatic heterocycles. The van der Waals surface area contributed by atoms with Gasteiger partial charge in [-0.15, -0.1) is 0 Å². The molecule has 1 amide bonds. The van der Waals surface area contributed by atoms with Crippen molar-refractivity contribution < 1.29 is 28.5 Å². The Bertz CT molecular complexity index is 740. The zero-order chi connectivity index (χ0) is 21.1. The first-order chi connectivity index (χ1) is 14.1. The van der Waals surface area contributed by atoms with Gasteiger partial charge in [0.1, 0.15) is 4.32 Å². The molecule has 0 aromatic heterocycles. The average Bonchev–Trinajstić information content (AvgIpc) is 3.16. The minimum atomic E-state index is -0.114. The van der Waals surface area contributed by atoms with Crippen LogP contribution in [0.3, 0.4) is 0 Å². The molecule has 1 aliphatic rings. The number of methoxy groups -OCH3 is 3. The number of hydrogen-bond acceptors (Lipinski definition) is 8. The molecule has 0 bridgehead atoms. The van der Waals surface area contributed by atoms with E-state index in [9.17, 15) is 4.79 Å². The number of thioether (sulfide) groups is 1. The zero-order valence-corrected chi connectivity index (χ0v) is 18.3. The van der Waals surface area contributed by atoms with Crippen molar-refractivity contribution in [3.63, 3.8) is 0 Å². The lowest BCUT2D eigenvalue weighted by Crippen LogP contribution is -2.28. The number of thiocarbonyl (C=S) groups is 1. The van der Waals surface area contributed by atoms with Crippen molar-refractivity contribution >= 4 is 40.3 Å². The van der Waals surface area contributed by atoms with E-state index in [1.165, 1.54) is 17.8 Å². The molecular formula is C20H25NO6S2. The molecule has 0 spiro atoms. The van der Waals surface area contributed by atoms with Crippen molar-refractivity contribution in [1.29, 1.82) is 0 Å². The van der Waals surface area contributed by atoms with Crippen LogP contribution in [-0.2, 0) is 14.3 Å². The van der Waals surface area contributed by atoms with Gasteiger partial charge in [-0.25, -0.2) is 0 Å². The van der Waals surface area contributed by atoms with Crippen LogP contribution in [-0.4, -0.2) is 68.8 Å². The number of ether oxygens (including phenoxy) is 5. The SMILES string of the molecule is COCCOCOc1c(OC)cc(/C=C/C=C/C(=O)N2CCSC2=S)cc1OC. The minimum Gasteiger partial charge on any atom is -0.493 e. The van der Waals surface area contributed by atoms with E-state index in [2.05, 4.69) is 0 Å². The van der Waals surface area contributed by atoms with Gasteiger partial charge in [0, 0.05) is 25.5 Å². The van der Waals surface area contributed by atoms with Crippen LogP contribution in [0.4, 0.5) is 0 Å². The lowest BCUT2D eigenvalue weighted by Gasteiger charge is -2.15. The average molecular weight is 440 g/mol. The third-order valence-corrected chi connectivity index (χ3v) is 5.29. The van der Waals surface area contributed by atoms with Gasteiger partial charge in [0.05, 0.1) is 27.4 Å². The van der Waals surface area contributed by atoms with Crippen molar-refractivity contribution in [3.8, 4) is 17.2 Å². The predicted octanol–water partition coefficient (Wildman–Crippen LogP) is 3.13. The summed E-state index contributed by atoms with van der Waals surface area (Å²) in [6.45, 7) is 1.61. The normalized spacial score (nSPS) is 14.2. The number of rotatable bonds is 11. The Morgan fingerprint density at radius 1 is 1.17 bits per heavy atom. The monoisotopic (exact) mass is 439 g/mol. The van der Waals surface area contributed by atoms with Crippen LogP contribution in [0.5, 0.6) is 17.2 Å². The molecular weight excluding hydrogens is 414 g/mol. The molecule has 1 fully saturated rings. The summed E-state index contributed by atoms with van der Waals surface area (Å²) in [7, 11) is 4.71. The number of carbonyl (C=O) groups excluding carboxylic acids is 1. The lowest BCUT2D eigenvalue weighted by atomic mass is 10.1. The fraction of sp³-hybridized carbons (Fsp3) is 0.400. The van der Waals surface area contributed by atoms with Crippen LogP contribution in [0.15, 0.2) is 30.4 Å². The van der Waals surface area contributed by atoms with Crippen molar-refractivity contribution in [3.05, 3.63) is 35.9 Å². The summed E-state index contributed by atoms with van der Waals surface area (Å²) >= 11 is 6.67. The Balaban J connectivity index is 2.03. The number of hydrogen-bond donors (Lipinski definition) is 0. The highest BCUT2D eigenvalue weighted by Gasteiger charge is 2.21. The molecule has 0 N–H and O–H groups in total. The summed E-state index contributed by atoms with van der Waals surface area (Å²) in [5.41, 5.74) is 0.829. The molecule has 158 valence electrons. The van der Waals surface area contributed by atoms with Crippen molar-refractivity contribution in [1.82, 2.24) is 4.90 Å². The number of benzene rings is 1. The standard InChI is InChI=1S/C20H25NO6S2/c1-23-9-10-26-14-27-19-16(24-2)12-15(13-17(19)25-3)6-4-5-7-18(22)21-8-11-29-20(21)28/h4-7,12-13H,8-11,14H2,1-3H3/b6-4+,7-5+. The number of carbonyl (C=O) groups is 1. The molecule has 2 rings (SSSR count). The zero-order valence-electron chi connectivity index (χ0n) is 16.7. The summed E-state index contributed by atoms with van der Waals surface area (Å²) < 4.78 is 27.4.